The lowest BCUT2D eigenvalue weighted by Gasteiger charge is -2.03. The molecule has 1 rings (SSSR count). The Morgan fingerprint density at radius 2 is 2.31 bits per heavy atom. The van der Waals surface area contributed by atoms with Crippen LogP contribution in [0.3, 0.4) is 0 Å². The first-order valence-electron chi connectivity index (χ1n) is 4.46. The van der Waals surface area contributed by atoms with Gasteiger partial charge in [-0.15, -0.1) is 0 Å². The number of nitrogens with zero attached hydrogens (tertiary/aromatic N) is 2. The van der Waals surface area contributed by atoms with Crippen LogP contribution in [0.4, 0.5) is 5.69 Å². The van der Waals surface area contributed by atoms with Gasteiger partial charge in [0.1, 0.15) is 12.1 Å². The molecule has 0 aliphatic heterocycles. The third-order valence-electron chi connectivity index (χ3n) is 1.92. The van der Waals surface area contributed by atoms with E-state index in [2.05, 4.69) is 5.32 Å². The van der Waals surface area contributed by atoms with Crippen molar-refractivity contribution < 1.29 is 9.72 Å². The van der Waals surface area contributed by atoms with Crippen molar-refractivity contribution in [2.75, 3.05) is 6.54 Å². The van der Waals surface area contributed by atoms with Crippen molar-refractivity contribution in [1.82, 2.24) is 5.32 Å². The zero-order valence-electron chi connectivity index (χ0n) is 8.56. The fourth-order valence-electron chi connectivity index (χ4n) is 1.21. The average molecular weight is 219 g/mol. The van der Waals surface area contributed by atoms with E-state index in [4.69, 9.17) is 5.26 Å². The van der Waals surface area contributed by atoms with Gasteiger partial charge in [0.2, 0.25) is 0 Å². The van der Waals surface area contributed by atoms with Crippen LogP contribution < -0.4 is 5.32 Å². The normalized spacial score (nSPS) is 9.25. The van der Waals surface area contributed by atoms with Gasteiger partial charge in [-0.2, -0.15) is 5.26 Å². The topological polar surface area (TPSA) is 96.0 Å². The summed E-state index contributed by atoms with van der Waals surface area (Å²) in [6.07, 6.45) is 0. The highest BCUT2D eigenvalue weighted by Crippen LogP contribution is 2.19. The van der Waals surface area contributed by atoms with Gasteiger partial charge in [0, 0.05) is 6.07 Å². The summed E-state index contributed by atoms with van der Waals surface area (Å²) in [5.41, 5.74) is 0.453. The molecule has 0 saturated heterocycles. The highest BCUT2D eigenvalue weighted by molar-refractivity contribution is 5.98. The summed E-state index contributed by atoms with van der Waals surface area (Å²) in [6, 6.07) is 5.98. The molecule has 6 nitrogen and oxygen atoms in total. The molecule has 0 bridgehead atoms. The molecule has 1 aromatic rings. The molecular formula is C10H9N3O3. The molecule has 16 heavy (non-hydrogen) atoms. The number of nitro groups is 1. The number of carbonyl (C=O) groups excluding carboxylic acids is 1. The Hall–Kier alpha value is -2.42. The maximum absolute atomic E-state index is 11.5. The van der Waals surface area contributed by atoms with E-state index in [1.54, 1.807) is 19.1 Å². The van der Waals surface area contributed by atoms with Gasteiger partial charge in [0.05, 0.1) is 11.0 Å². The number of rotatable bonds is 3. The van der Waals surface area contributed by atoms with Crippen LogP contribution in [-0.4, -0.2) is 17.4 Å². The van der Waals surface area contributed by atoms with E-state index in [0.29, 0.717) is 0 Å². The van der Waals surface area contributed by atoms with Crippen molar-refractivity contribution in [2.45, 2.75) is 6.92 Å². The van der Waals surface area contributed by atoms with E-state index in [9.17, 15) is 14.9 Å². The quantitative estimate of drug-likeness (QED) is 0.468. The van der Waals surface area contributed by atoms with Crippen molar-refractivity contribution in [2.24, 2.45) is 0 Å². The smallest absolute Gasteiger partial charge is 0.282 e. The Morgan fingerprint density at radius 3 is 2.88 bits per heavy atom. The molecule has 0 atom stereocenters. The SMILES string of the molecule is Cc1ccc([N+](=O)[O-])c(C(=O)NCC#N)c1. The average Bonchev–Trinajstić information content (AvgIpc) is 2.25. The van der Waals surface area contributed by atoms with Crippen LogP contribution in [0.15, 0.2) is 18.2 Å². The standard InChI is InChI=1S/C10H9N3O3/c1-7-2-3-9(13(15)16)8(6-7)10(14)12-5-4-11/h2-3,6H,5H2,1H3,(H,12,14). The molecule has 82 valence electrons. The number of aryl methyl sites for hydroxylation is 1. The first kappa shape index (κ1) is 11.7. The van der Waals surface area contributed by atoms with Crippen LogP contribution in [0, 0.1) is 28.4 Å². The van der Waals surface area contributed by atoms with Crippen LogP contribution >= 0.6 is 0 Å². The lowest BCUT2D eigenvalue weighted by Crippen LogP contribution is -2.24. The first-order valence-corrected chi connectivity index (χ1v) is 4.46. The molecule has 0 unspecified atom stereocenters. The molecule has 6 heteroatoms. The maximum Gasteiger partial charge on any atom is 0.282 e. The minimum Gasteiger partial charge on any atom is -0.339 e. The van der Waals surface area contributed by atoms with Gasteiger partial charge in [0.25, 0.3) is 11.6 Å². The van der Waals surface area contributed by atoms with Gasteiger partial charge in [0.15, 0.2) is 0 Å². The second-order valence-corrected chi connectivity index (χ2v) is 3.12. The summed E-state index contributed by atoms with van der Waals surface area (Å²) in [6.45, 7) is 1.55. The molecular weight excluding hydrogens is 210 g/mol. The van der Waals surface area contributed by atoms with Gasteiger partial charge in [-0.3, -0.25) is 14.9 Å². The summed E-state index contributed by atoms with van der Waals surface area (Å²) >= 11 is 0. The number of hydrogen-bond donors (Lipinski definition) is 1. The fourth-order valence-corrected chi connectivity index (χ4v) is 1.21. The molecule has 0 aliphatic rings. The molecule has 0 fully saturated rings. The van der Waals surface area contributed by atoms with E-state index >= 15 is 0 Å². The second kappa shape index (κ2) is 4.89. The van der Waals surface area contributed by atoms with Crippen molar-refractivity contribution in [1.29, 1.82) is 5.26 Å². The predicted octanol–water partition coefficient (Wildman–Crippen LogP) is 1.16. The Morgan fingerprint density at radius 1 is 1.62 bits per heavy atom. The van der Waals surface area contributed by atoms with Gasteiger partial charge in [-0.05, 0) is 18.6 Å². The highest BCUT2D eigenvalue weighted by atomic mass is 16.6. The van der Waals surface area contributed by atoms with E-state index in [1.807, 2.05) is 0 Å². The number of nitriles is 1. The number of carbonyl (C=O) groups is 1. The molecule has 0 spiro atoms. The number of benzene rings is 1. The first-order chi connectivity index (χ1) is 7.56. The Balaban J connectivity index is 3.10. The van der Waals surface area contributed by atoms with Crippen LogP contribution in [0.2, 0.25) is 0 Å². The Bertz CT molecular complexity index is 477. The monoisotopic (exact) mass is 219 g/mol. The zero-order chi connectivity index (χ0) is 12.1. The van der Waals surface area contributed by atoms with Gasteiger partial charge in [-0.25, -0.2) is 0 Å². The summed E-state index contributed by atoms with van der Waals surface area (Å²) in [7, 11) is 0. The van der Waals surface area contributed by atoms with Crippen LogP contribution in [0.5, 0.6) is 0 Å². The molecule has 0 saturated carbocycles. The number of hydrogen-bond acceptors (Lipinski definition) is 4. The fraction of sp³-hybridized carbons (Fsp3) is 0.200. The minimum atomic E-state index is -0.624. The highest BCUT2D eigenvalue weighted by Gasteiger charge is 2.19. The lowest BCUT2D eigenvalue weighted by atomic mass is 10.1. The lowest BCUT2D eigenvalue weighted by molar-refractivity contribution is -0.385. The number of amides is 1. The molecule has 1 N–H and O–H groups in total. The molecule has 0 heterocycles. The van der Waals surface area contributed by atoms with Crippen LogP contribution in [-0.2, 0) is 0 Å². The molecule has 1 amide bonds. The van der Waals surface area contributed by atoms with Crippen molar-refractivity contribution in [3.63, 3.8) is 0 Å². The second-order valence-electron chi connectivity index (χ2n) is 3.12. The number of nitro benzene ring substituents is 1. The summed E-state index contributed by atoms with van der Waals surface area (Å²) in [4.78, 5) is 21.6. The summed E-state index contributed by atoms with van der Waals surface area (Å²) < 4.78 is 0. The van der Waals surface area contributed by atoms with Crippen molar-refractivity contribution >= 4 is 11.6 Å². The van der Waals surface area contributed by atoms with Gasteiger partial charge >= 0.3 is 0 Å². The van der Waals surface area contributed by atoms with Crippen LogP contribution in [0.1, 0.15) is 15.9 Å². The largest absolute Gasteiger partial charge is 0.339 e. The molecule has 1 aromatic carbocycles. The van der Waals surface area contributed by atoms with E-state index in [1.165, 1.54) is 12.1 Å². The number of nitrogens with one attached hydrogen (secondary N) is 1. The minimum absolute atomic E-state index is 0.0275. The van der Waals surface area contributed by atoms with E-state index in [0.717, 1.165) is 5.56 Å². The molecule has 0 aromatic heterocycles. The molecule has 0 aliphatic carbocycles. The van der Waals surface area contributed by atoms with E-state index < -0.39 is 10.8 Å². The Kier molecular flexibility index (Phi) is 3.56. The van der Waals surface area contributed by atoms with Crippen molar-refractivity contribution in [3.8, 4) is 6.07 Å². The zero-order valence-corrected chi connectivity index (χ0v) is 8.56. The summed E-state index contributed by atoms with van der Waals surface area (Å²) in [5, 5.41) is 21.2. The third kappa shape index (κ3) is 2.54. The molecule has 0 radical (unpaired) electrons. The van der Waals surface area contributed by atoms with Crippen molar-refractivity contribution in [3.05, 3.63) is 39.4 Å². The third-order valence-corrected chi connectivity index (χ3v) is 1.92. The predicted molar refractivity (Wildman–Crippen MR) is 55.8 cm³/mol. The van der Waals surface area contributed by atoms with E-state index in [-0.39, 0.29) is 17.8 Å². The summed E-state index contributed by atoms with van der Waals surface area (Å²) in [5.74, 6) is -0.614. The Labute approximate surface area is 91.6 Å². The van der Waals surface area contributed by atoms with Gasteiger partial charge in [-0.1, -0.05) is 6.07 Å². The van der Waals surface area contributed by atoms with Gasteiger partial charge < -0.3 is 5.32 Å². The van der Waals surface area contributed by atoms with Crippen LogP contribution in [0.25, 0.3) is 0 Å². The maximum atomic E-state index is 11.5.